The summed E-state index contributed by atoms with van der Waals surface area (Å²) in [5.74, 6) is 0.127. The molecule has 1 N–H and O–H groups in total. The van der Waals surface area contributed by atoms with Crippen LogP contribution >= 0.6 is 0 Å². The number of carbonyl (C=O) groups is 1. The third-order valence-corrected chi connectivity index (χ3v) is 4.21. The molecular weight excluding hydrogens is 260 g/mol. The molecule has 21 heavy (non-hydrogen) atoms. The number of hydrogen-bond donors (Lipinski definition) is 1. The van der Waals surface area contributed by atoms with Gasteiger partial charge in [-0.25, -0.2) is 0 Å². The van der Waals surface area contributed by atoms with Gasteiger partial charge in [0.25, 0.3) is 5.91 Å². The van der Waals surface area contributed by atoms with E-state index in [9.17, 15) is 4.79 Å². The van der Waals surface area contributed by atoms with Crippen molar-refractivity contribution >= 4 is 5.91 Å². The van der Waals surface area contributed by atoms with Crippen molar-refractivity contribution in [3.8, 4) is 0 Å². The van der Waals surface area contributed by atoms with Gasteiger partial charge in [0.2, 0.25) is 0 Å². The summed E-state index contributed by atoms with van der Waals surface area (Å²) >= 11 is 0. The molecule has 3 rings (SSSR count). The Hall–Kier alpha value is -2.03. The van der Waals surface area contributed by atoms with Gasteiger partial charge in [0.1, 0.15) is 0 Å². The van der Waals surface area contributed by atoms with E-state index in [-0.39, 0.29) is 11.3 Å². The third kappa shape index (κ3) is 2.73. The van der Waals surface area contributed by atoms with Crippen molar-refractivity contribution in [2.45, 2.75) is 39.2 Å². The van der Waals surface area contributed by atoms with Crippen molar-refractivity contribution in [1.82, 2.24) is 9.88 Å². The summed E-state index contributed by atoms with van der Waals surface area (Å²) in [7, 11) is 0. The van der Waals surface area contributed by atoms with Crippen molar-refractivity contribution in [2.75, 3.05) is 6.54 Å². The zero-order chi connectivity index (χ0) is 15.0. The fourth-order valence-electron chi connectivity index (χ4n) is 2.82. The first-order valence-corrected chi connectivity index (χ1v) is 7.50. The summed E-state index contributed by atoms with van der Waals surface area (Å²) in [5.41, 5.74) is 4.66. The molecule has 1 aliphatic heterocycles. The molecule has 1 aliphatic rings. The quantitative estimate of drug-likeness (QED) is 0.853. The van der Waals surface area contributed by atoms with Crippen LogP contribution in [0.2, 0.25) is 0 Å². The van der Waals surface area contributed by atoms with Crippen LogP contribution < -0.4 is 0 Å². The number of aromatic amines is 1. The molecule has 1 amide bonds. The van der Waals surface area contributed by atoms with Crippen LogP contribution in [0.5, 0.6) is 0 Å². The Morgan fingerprint density at radius 1 is 1.14 bits per heavy atom. The van der Waals surface area contributed by atoms with E-state index < -0.39 is 0 Å². The molecule has 0 saturated heterocycles. The highest BCUT2D eigenvalue weighted by Gasteiger charge is 2.22. The Kier molecular flexibility index (Phi) is 3.36. The highest BCUT2D eigenvalue weighted by atomic mass is 16.2. The van der Waals surface area contributed by atoms with Gasteiger partial charge in [-0.2, -0.15) is 0 Å². The number of carbonyl (C=O) groups excluding carboxylic acids is 1. The summed E-state index contributed by atoms with van der Waals surface area (Å²) in [6, 6.07) is 10.1. The highest BCUT2D eigenvalue weighted by Crippen LogP contribution is 2.24. The Bertz CT molecular complexity index is 647. The molecule has 0 aliphatic carbocycles. The normalized spacial score (nSPS) is 14.9. The van der Waals surface area contributed by atoms with Gasteiger partial charge in [-0.1, -0.05) is 32.9 Å². The number of nitrogens with one attached hydrogen (secondary N) is 1. The second-order valence-electron chi connectivity index (χ2n) is 6.79. The van der Waals surface area contributed by atoms with Gasteiger partial charge in [-0.3, -0.25) is 4.79 Å². The number of fused-ring (bicyclic) bond motifs is 1. The summed E-state index contributed by atoms with van der Waals surface area (Å²) < 4.78 is 0. The van der Waals surface area contributed by atoms with Crippen molar-refractivity contribution in [3.05, 3.63) is 58.9 Å². The maximum absolute atomic E-state index is 12.6. The molecule has 1 aromatic carbocycles. The number of benzene rings is 1. The Morgan fingerprint density at radius 3 is 2.52 bits per heavy atom. The molecule has 3 nitrogen and oxygen atoms in total. The minimum atomic E-state index is 0.118. The van der Waals surface area contributed by atoms with Crippen LogP contribution in [-0.4, -0.2) is 22.3 Å². The van der Waals surface area contributed by atoms with E-state index in [0.717, 1.165) is 18.5 Å². The van der Waals surface area contributed by atoms with Gasteiger partial charge >= 0.3 is 0 Å². The predicted octanol–water partition coefficient (Wildman–Crippen LogP) is 3.51. The van der Waals surface area contributed by atoms with E-state index in [4.69, 9.17) is 0 Å². The number of rotatable bonds is 1. The Balaban J connectivity index is 1.77. The molecule has 0 radical (unpaired) electrons. The van der Waals surface area contributed by atoms with Crippen LogP contribution in [0.25, 0.3) is 0 Å². The lowest BCUT2D eigenvalue weighted by Crippen LogP contribution is -2.35. The van der Waals surface area contributed by atoms with Crippen molar-refractivity contribution in [1.29, 1.82) is 0 Å². The van der Waals surface area contributed by atoms with Crippen LogP contribution in [0, 0.1) is 0 Å². The molecule has 0 atom stereocenters. The van der Waals surface area contributed by atoms with E-state index >= 15 is 0 Å². The summed E-state index contributed by atoms with van der Waals surface area (Å²) in [6.07, 6.45) is 2.87. The SMILES string of the molecule is CC(C)(C)c1ccc(C(=O)N2CCc3[nH]ccc3C2)cc1. The van der Waals surface area contributed by atoms with E-state index in [1.165, 1.54) is 16.8 Å². The van der Waals surface area contributed by atoms with E-state index in [1.54, 1.807) is 0 Å². The highest BCUT2D eigenvalue weighted by molar-refractivity contribution is 5.94. The first kappa shape index (κ1) is 13.9. The zero-order valence-electron chi connectivity index (χ0n) is 12.9. The van der Waals surface area contributed by atoms with Crippen LogP contribution in [0.1, 0.15) is 48.0 Å². The average molecular weight is 282 g/mol. The number of hydrogen-bond acceptors (Lipinski definition) is 1. The topological polar surface area (TPSA) is 36.1 Å². The molecule has 3 heteroatoms. The second kappa shape index (κ2) is 5.06. The third-order valence-electron chi connectivity index (χ3n) is 4.21. The first-order valence-electron chi connectivity index (χ1n) is 7.50. The van der Waals surface area contributed by atoms with Crippen LogP contribution in [0.4, 0.5) is 0 Å². The first-order chi connectivity index (χ1) is 9.95. The smallest absolute Gasteiger partial charge is 0.254 e. The lowest BCUT2D eigenvalue weighted by atomic mass is 9.86. The Labute approximate surface area is 126 Å². The monoisotopic (exact) mass is 282 g/mol. The number of nitrogens with zero attached hydrogens (tertiary/aromatic N) is 1. The average Bonchev–Trinajstić information content (AvgIpc) is 2.93. The second-order valence-corrected chi connectivity index (χ2v) is 6.79. The van der Waals surface area contributed by atoms with Gasteiger partial charge in [0.15, 0.2) is 0 Å². The van der Waals surface area contributed by atoms with Gasteiger partial charge in [-0.05, 0) is 34.7 Å². The molecule has 1 aromatic heterocycles. The summed E-state index contributed by atoms with van der Waals surface area (Å²) in [5, 5.41) is 0. The largest absolute Gasteiger partial charge is 0.365 e. The molecule has 2 aromatic rings. The summed E-state index contributed by atoms with van der Waals surface area (Å²) in [6.45, 7) is 8.04. The predicted molar refractivity (Wildman–Crippen MR) is 84.4 cm³/mol. The molecule has 0 unspecified atom stereocenters. The fourth-order valence-corrected chi connectivity index (χ4v) is 2.82. The van der Waals surface area contributed by atoms with E-state index in [2.05, 4.69) is 44.0 Å². The van der Waals surface area contributed by atoms with Crippen LogP contribution in [-0.2, 0) is 18.4 Å². The van der Waals surface area contributed by atoms with E-state index in [0.29, 0.717) is 6.54 Å². The zero-order valence-corrected chi connectivity index (χ0v) is 12.9. The standard InChI is InChI=1S/C18H22N2O/c1-18(2,3)15-6-4-13(5-7-15)17(21)20-11-9-16-14(12-20)8-10-19-16/h4-8,10,19H,9,11-12H2,1-3H3. The summed E-state index contributed by atoms with van der Waals surface area (Å²) in [4.78, 5) is 17.8. The minimum absolute atomic E-state index is 0.118. The van der Waals surface area contributed by atoms with Gasteiger partial charge in [-0.15, -0.1) is 0 Å². The number of amides is 1. The van der Waals surface area contributed by atoms with E-state index in [1.807, 2.05) is 23.2 Å². The van der Waals surface area contributed by atoms with Crippen LogP contribution in [0.15, 0.2) is 36.5 Å². The van der Waals surface area contributed by atoms with Gasteiger partial charge < -0.3 is 9.88 Å². The number of aromatic nitrogens is 1. The van der Waals surface area contributed by atoms with Crippen molar-refractivity contribution < 1.29 is 4.79 Å². The maximum atomic E-state index is 12.6. The molecule has 110 valence electrons. The van der Waals surface area contributed by atoms with Gasteiger partial charge in [0.05, 0.1) is 0 Å². The molecule has 0 saturated carbocycles. The minimum Gasteiger partial charge on any atom is -0.365 e. The fraction of sp³-hybridized carbons (Fsp3) is 0.389. The molecule has 0 fully saturated rings. The Morgan fingerprint density at radius 2 is 1.86 bits per heavy atom. The lowest BCUT2D eigenvalue weighted by molar-refractivity contribution is 0.0734. The molecule has 0 bridgehead atoms. The van der Waals surface area contributed by atoms with Gasteiger partial charge in [0, 0.05) is 37.0 Å². The van der Waals surface area contributed by atoms with Crippen LogP contribution in [0.3, 0.4) is 0 Å². The maximum Gasteiger partial charge on any atom is 0.254 e. The van der Waals surface area contributed by atoms with Crippen molar-refractivity contribution in [2.24, 2.45) is 0 Å². The molecule has 2 heterocycles. The van der Waals surface area contributed by atoms with Crippen molar-refractivity contribution in [3.63, 3.8) is 0 Å². The molecule has 0 spiro atoms. The number of H-pyrrole nitrogens is 1. The lowest BCUT2D eigenvalue weighted by Gasteiger charge is -2.27. The molecular formula is C18H22N2O.